The Morgan fingerprint density at radius 2 is 2.50 bits per heavy atom. The highest BCUT2D eigenvalue weighted by Gasteiger charge is 1.79. The maximum atomic E-state index is 5.02. The van der Waals surface area contributed by atoms with E-state index >= 15 is 0 Å². The molecule has 1 aromatic rings. The lowest BCUT2D eigenvalue weighted by molar-refractivity contribution is 1.32. The zero-order chi connectivity index (χ0) is 7.23. The Morgan fingerprint density at radius 1 is 1.60 bits per heavy atom. The Bertz CT molecular complexity index is 254. The van der Waals surface area contributed by atoms with Gasteiger partial charge in [0.2, 0.25) is 0 Å². The van der Waals surface area contributed by atoms with Gasteiger partial charge in [0.25, 0.3) is 0 Å². The number of terminal acetylenes is 1. The summed E-state index contributed by atoms with van der Waals surface area (Å²) in [5, 5.41) is 0. The van der Waals surface area contributed by atoms with Gasteiger partial charge in [-0.1, -0.05) is 12.0 Å². The van der Waals surface area contributed by atoms with Crippen LogP contribution in [0.25, 0.3) is 6.08 Å². The average Bonchev–Trinajstić information content (AvgIpc) is 2.03. The van der Waals surface area contributed by atoms with Crippen LogP contribution in [0.2, 0.25) is 0 Å². The van der Waals surface area contributed by atoms with Gasteiger partial charge in [0.15, 0.2) is 0 Å². The summed E-state index contributed by atoms with van der Waals surface area (Å²) in [6.45, 7) is 0. The highest BCUT2D eigenvalue weighted by Crippen LogP contribution is 1.96. The number of aromatic nitrogens is 1. The summed E-state index contributed by atoms with van der Waals surface area (Å²) in [7, 11) is 0. The topological polar surface area (TPSA) is 12.9 Å². The summed E-state index contributed by atoms with van der Waals surface area (Å²) >= 11 is 0. The third-order valence-electron chi connectivity index (χ3n) is 1.06. The van der Waals surface area contributed by atoms with Gasteiger partial charge in [0.1, 0.15) is 0 Å². The highest BCUT2D eigenvalue weighted by atomic mass is 14.6. The van der Waals surface area contributed by atoms with E-state index in [2.05, 4.69) is 10.9 Å². The van der Waals surface area contributed by atoms with Gasteiger partial charge in [-0.2, -0.15) is 0 Å². The maximum absolute atomic E-state index is 5.02. The second-order valence-electron chi connectivity index (χ2n) is 1.79. The van der Waals surface area contributed by atoms with E-state index in [1.807, 2.05) is 18.2 Å². The van der Waals surface area contributed by atoms with Crippen molar-refractivity contribution >= 4 is 6.08 Å². The predicted octanol–water partition coefficient (Wildman–Crippen LogP) is 1.73. The van der Waals surface area contributed by atoms with Crippen molar-refractivity contribution in [1.82, 2.24) is 4.98 Å². The van der Waals surface area contributed by atoms with Gasteiger partial charge in [-0.25, -0.2) is 0 Å². The highest BCUT2D eigenvalue weighted by molar-refractivity contribution is 5.50. The van der Waals surface area contributed by atoms with Crippen molar-refractivity contribution in [2.24, 2.45) is 0 Å². The van der Waals surface area contributed by atoms with Crippen LogP contribution in [0.15, 0.2) is 30.6 Å². The standard InChI is InChI=1S/C9H7N/c1-2-3-5-9-6-4-7-10-8-9/h1,3-8H/b5-3-. The lowest BCUT2D eigenvalue weighted by atomic mass is 10.3. The van der Waals surface area contributed by atoms with Crippen LogP contribution in [0, 0.1) is 12.3 Å². The van der Waals surface area contributed by atoms with Crippen LogP contribution < -0.4 is 0 Å². The summed E-state index contributed by atoms with van der Waals surface area (Å²) in [4.78, 5) is 3.92. The van der Waals surface area contributed by atoms with Crippen molar-refractivity contribution in [3.63, 3.8) is 0 Å². The molecule has 0 bridgehead atoms. The molecule has 0 aliphatic rings. The quantitative estimate of drug-likeness (QED) is 0.526. The second kappa shape index (κ2) is 3.47. The molecule has 1 heteroatoms. The first-order chi connectivity index (χ1) is 4.93. The van der Waals surface area contributed by atoms with Crippen molar-refractivity contribution in [2.75, 3.05) is 0 Å². The summed E-state index contributed by atoms with van der Waals surface area (Å²) < 4.78 is 0. The fourth-order valence-electron chi connectivity index (χ4n) is 0.619. The molecule has 0 saturated carbocycles. The molecule has 0 N–H and O–H groups in total. The SMILES string of the molecule is C#C/C=C\c1cccnc1. The van der Waals surface area contributed by atoms with Crippen molar-refractivity contribution in [1.29, 1.82) is 0 Å². The lowest BCUT2D eigenvalue weighted by Crippen LogP contribution is -1.71. The molecule has 1 rings (SSSR count). The monoisotopic (exact) mass is 129 g/mol. The number of pyridine rings is 1. The molecule has 0 aromatic carbocycles. The molecule has 0 fully saturated rings. The average molecular weight is 129 g/mol. The van der Waals surface area contributed by atoms with Gasteiger partial charge in [-0.05, 0) is 23.8 Å². The molecule has 0 unspecified atom stereocenters. The summed E-state index contributed by atoms with van der Waals surface area (Å²) in [6.07, 6.45) is 12.0. The van der Waals surface area contributed by atoms with E-state index in [1.165, 1.54) is 0 Å². The van der Waals surface area contributed by atoms with E-state index in [9.17, 15) is 0 Å². The molecule has 0 aliphatic heterocycles. The van der Waals surface area contributed by atoms with E-state index in [1.54, 1.807) is 18.5 Å². The Balaban J connectivity index is 2.79. The first kappa shape index (κ1) is 6.57. The molecule has 10 heavy (non-hydrogen) atoms. The first-order valence-electron chi connectivity index (χ1n) is 2.96. The lowest BCUT2D eigenvalue weighted by Gasteiger charge is -1.86. The van der Waals surface area contributed by atoms with Gasteiger partial charge in [0.05, 0.1) is 0 Å². The van der Waals surface area contributed by atoms with Crippen LogP contribution in [0.3, 0.4) is 0 Å². The van der Waals surface area contributed by atoms with Crippen LogP contribution in [0.5, 0.6) is 0 Å². The zero-order valence-corrected chi connectivity index (χ0v) is 5.49. The summed E-state index contributed by atoms with van der Waals surface area (Å²) in [6, 6.07) is 3.82. The molecule has 0 radical (unpaired) electrons. The second-order valence-corrected chi connectivity index (χ2v) is 1.79. The maximum Gasteiger partial charge on any atom is 0.0340 e. The molecular formula is C9H7N. The minimum Gasteiger partial charge on any atom is -0.264 e. The minimum absolute atomic E-state index is 1.03. The fourth-order valence-corrected chi connectivity index (χ4v) is 0.619. The van der Waals surface area contributed by atoms with Crippen LogP contribution in [0.1, 0.15) is 5.56 Å². The van der Waals surface area contributed by atoms with Crippen LogP contribution >= 0.6 is 0 Å². The minimum atomic E-state index is 1.03. The Morgan fingerprint density at radius 3 is 3.10 bits per heavy atom. The molecule has 0 atom stereocenters. The van der Waals surface area contributed by atoms with E-state index in [0.29, 0.717) is 0 Å². The van der Waals surface area contributed by atoms with E-state index in [0.717, 1.165) is 5.56 Å². The molecule has 1 aromatic heterocycles. The number of hydrogen-bond donors (Lipinski definition) is 0. The first-order valence-corrected chi connectivity index (χ1v) is 2.96. The van der Waals surface area contributed by atoms with Crippen molar-refractivity contribution in [3.05, 3.63) is 36.2 Å². The Labute approximate surface area is 60.4 Å². The van der Waals surface area contributed by atoms with Crippen LogP contribution in [0.4, 0.5) is 0 Å². The fraction of sp³-hybridized carbons (Fsp3) is 0. The van der Waals surface area contributed by atoms with Crippen LogP contribution in [-0.4, -0.2) is 4.98 Å². The normalized spacial score (nSPS) is 9.50. The number of allylic oxidation sites excluding steroid dienone is 1. The Hall–Kier alpha value is -1.55. The molecule has 1 heterocycles. The van der Waals surface area contributed by atoms with E-state index < -0.39 is 0 Å². The van der Waals surface area contributed by atoms with Crippen molar-refractivity contribution in [3.8, 4) is 12.3 Å². The summed E-state index contributed by atoms with van der Waals surface area (Å²) in [5.41, 5.74) is 1.03. The van der Waals surface area contributed by atoms with Gasteiger partial charge in [-0.3, -0.25) is 4.98 Å². The van der Waals surface area contributed by atoms with Gasteiger partial charge in [0, 0.05) is 12.4 Å². The predicted molar refractivity (Wildman–Crippen MR) is 42.1 cm³/mol. The van der Waals surface area contributed by atoms with Gasteiger partial charge >= 0.3 is 0 Å². The molecule has 0 aliphatic carbocycles. The largest absolute Gasteiger partial charge is 0.264 e. The number of nitrogens with zero attached hydrogens (tertiary/aromatic N) is 1. The smallest absolute Gasteiger partial charge is 0.0340 e. The third kappa shape index (κ3) is 1.75. The molecule has 0 amide bonds. The number of rotatable bonds is 1. The molecule has 1 nitrogen and oxygen atoms in total. The zero-order valence-electron chi connectivity index (χ0n) is 5.49. The van der Waals surface area contributed by atoms with Crippen molar-refractivity contribution < 1.29 is 0 Å². The Kier molecular flexibility index (Phi) is 2.28. The molecule has 0 saturated heterocycles. The molecular weight excluding hydrogens is 122 g/mol. The van der Waals surface area contributed by atoms with E-state index in [4.69, 9.17) is 6.42 Å². The molecule has 0 spiro atoms. The van der Waals surface area contributed by atoms with Crippen LogP contribution in [-0.2, 0) is 0 Å². The number of hydrogen-bond acceptors (Lipinski definition) is 1. The van der Waals surface area contributed by atoms with Crippen molar-refractivity contribution in [2.45, 2.75) is 0 Å². The molecule has 48 valence electrons. The third-order valence-corrected chi connectivity index (χ3v) is 1.06. The van der Waals surface area contributed by atoms with Gasteiger partial charge in [-0.15, -0.1) is 6.42 Å². The summed E-state index contributed by atoms with van der Waals surface area (Å²) in [5.74, 6) is 2.41. The van der Waals surface area contributed by atoms with E-state index in [-0.39, 0.29) is 0 Å². The van der Waals surface area contributed by atoms with Gasteiger partial charge < -0.3 is 0 Å².